The number of nitrogens with zero attached hydrogens (tertiary/aromatic N) is 3. The van der Waals surface area contributed by atoms with Crippen molar-refractivity contribution in [3.05, 3.63) is 0 Å². The van der Waals surface area contributed by atoms with Crippen LogP contribution in [-0.2, 0) is 9.47 Å². The van der Waals surface area contributed by atoms with Crippen molar-refractivity contribution in [1.29, 1.82) is 0 Å². The van der Waals surface area contributed by atoms with Crippen molar-refractivity contribution < 1.29 is 9.47 Å². The molecule has 1 atom stereocenters. The lowest BCUT2D eigenvalue weighted by Gasteiger charge is -2.47. The van der Waals surface area contributed by atoms with Crippen LogP contribution in [0.2, 0.25) is 0 Å². The summed E-state index contributed by atoms with van der Waals surface area (Å²) in [7, 11) is 1.69. The first-order chi connectivity index (χ1) is 11.3. The number of methoxy groups -OCH3 is 1. The zero-order valence-electron chi connectivity index (χ0n) is 14.7. The Bertz CT molecular complexity index is 345. The Morgan fingerprint density at radius 2 is 1.96 bits per heavy atom. The van der Waals surface area contributed by atoms with Gasteiger partial charge in [-0.1, -0.05) is 0 Å². The van der Waals surface area contributed by atoms with Crippen LogP contribution in [0.4, 0.5) is 0 Å². The van der Waals surface area contributed by atoms with Gasteiger partial charge in [0.1, 0.15) is 0 Å². The molecule has 7 nitrogen and oxygen atoms in total. The van der Waals surface area contributed by atoms with Gasteiger partial charge < -0.3 is 20.1 Å². The second-order valence-electron chi connectivity index (χ2n) is 6.10. The highest BCUT2D eigenvalue weighted by Crippen LogP contribution is 2.15. The fraction of sp³-hybridized carbons (Fsp3) is 0.938. The van der Waals surface area contributed by atoms with Crippen LogP contribution in [0.25, 0.3) is 0 Å². The molecule has 2 N–H and O–H groups in total. The van der Waals surface area contributed by atoms with Crippen LogP contribution < -0.4 is 10.6 Å². The number of ether oxygens (including phenoxy) is 2. The fourth-order valence-corrected chi connectivity index (χ4v) is 3.06. The summed E-state index contributed by atoms with van der Waals surface area (Å²) in [4.78, 5) is 9.90. The lowest BCUT2D eigenvalue weighted by molar-refractivity contribution is 0.0174. The first-order valence-corrected chi connectivity index (χ1v) is 8.88. The van der Waals surface area contributed by atoms with E-state index in [1.807, 2.05) is 0 Å². The summed E-state index contributed by atoms with van der Waals surface area (Å²) in [6.07, 6.45) is 0.970. The van der Waals surface area contributed by atoms with Gasteiger partial charge in [0.2, 0.25) is 0 Å². The van der Waals surface area contributed by atoms with E-state index in [9.17, 15) is 0 Å². The van der Waals surface area contributed by atoms with Crippen LogP contribution in [0.3, 0.4) is 0 Å². The van der Waals surface area contributed by atoms with Crippen molar-refractivity contribution in [2.45, 2.75) is 19.4 Å². The molecule has 3 heterocycles. The third-order valence-electron chi connectivity index (χ3n) is 4.39. The van der Waals surface area contributed by atoms with Crippen LogP contribution in [-0.4, -0.2) is 101 Å². The van der Waals surface area contributed by atoms with Crippen LogP contribution >= 0.6 is 0 Å². The average molecular weight is 327 g/mol. The third kappa shape index (κ3) is 6.63. The minimum Gasteiger partial charge on any atom is -0.382 e. The molecule has 1 unspecified atom stereocenters. The van der Waals surface area contributed by atoms with Crippen LogP contribution in [0.5, 0.6) is 0 Å². The molecule has 0 aromatic heterocycles. The first-order valence-electron chi connectivity index (χ1n) is 8.88. The van der Waals surface area contributed by atoms with E-state index in [0.717, 1.165) is 45.2 Å². The van der Waals surface area contributed by atoms with Crippen molar-refractivity contribution in [2.75, 3.05) is 79.3 Å². The van der Waals surface area contributed by atoms with Gasteiger partial charge in [0.15, 0.2) is 5.96 Å². The standard InChI is InChI=1S/C16H33N5O2/c1-3-17-16(18-5-4-10-23-12-11-22-2)19-13-15-14-20-6-8-21(15)9-7-20/h15H,3-14H2,1-2H3,(H2,17,18,19). The monoisotopic (exact) mass is 327 g/mol. The van der Waals surface area contributed by atoms with E-state index >= 15 is 0 Å². The molecule has 0 radical (unpaired) electrons. The minimum atomic E-state index is 0.574. The molecule has 23 heavy (non-hydrogen) atoms. The Labute approximate surface area is 140 Å². The van der Waals surface area contributed by atoms with Crippen LogP contribution in [0.1, 0.15) is 13.3 Å². The normalized spacial score (nSPS) is 27.2. The smallest absolute Gasteiger partial charge is 0.191 e. The van der Waals surface area contributed by atoms with Crippen molar-refractivity contribution in [2.24, 2.45) is 4.99 Å². The molecule has 3 saturated heterocycles. The van der Waals surface area contributed by atoms with E-state index in [2.05, 4.69) is 27.4 Å². The van der Waals surface area contributed by atoms with Gasteiger partial charge in [-0.3, -0.25) is 14.8 Å². The molecule has 3 rings (SSSR count). The van der Waals surface area contributed by atoms with Gasteiger partial charge in [-0.05, 0) is 13.3 Å². The second-order valence-corrected chi connectivity index (χ2v) is 6.10. The number of guanidine groups is 1. The predicted octanol–water partition coefficient (Wildman–Crippen LogP) is -0.406. The molecule has 0 aromatic carbocycles. The maximum absolute atomic E-state index is 5.47. The molecule has 0 spiro atoms. The molecular formula is C16H33N5O2. The summed E-state index contributed by atoms with van der Waals surface area (Å²) in [5, 5.41) is 6.71. The molecule has 2 bridgehead atoms. The van der Waals surface area contributed by atoms with Gasteiger partial charge in [0.05, 0.1) is 19.8 Å². The third-order valence-corrected chi connectivity index (χ3v) is 4.39. The summed E-state index contributed by atoms with van der Waals surface area (Å²) in [5.41, 5.74) is 0. The summed E-state index contributed by atoms with van der Waals surface area (Å²) in [5.74, 6) is 0.919. The molecule has 0 aromatic rings. The second kappa shape index (κ2) is 10.8. The van der Waals surface area contributed by atoms with Crippen LogP contribution in [0.15, 0.2) is 4.99 Å². The quantitative estimate of drug-likeness (QED) is 0.323. The van der Waals surface area contributed by atoms with E-state index in [4.69, 9.17) is 14.5 Å². The number of nitrogens with one attached hydrogen (secondary N) is 2. The molecular weight excluding hydrogens is 294 g/mol. The van der Waals surface area contributed by atoms with Gasteiger partial charge in [-0.2, -0.15) is 0 Å². The van der Waals surface area contributed by atoms with E-state index < -0.39 is 0 Å². The Balaban J connectivity index is 1.64. The zero-order valence-corrected chi connectivity index (χ0v) is 14.7. The summed E-state index contributed by atoms with van der Waals surface area (Å²) in [6, 6.07) is 0.574. The van der Waals surface area contributed by atoms with Gasteiger partial charge in [0.25, 0.3) is 0 Å². The van der Waals surface area contributed by atoms with Gasteiger partial charge in [-0.15, -0.1) is 0 Å². The number of rotatable bonds is 10. The number of aliphatic imine (C=N–C) groups is 1. The maximum Gasteiger partial charge on any atom is 0.191 e. The van der Waals surface area contributed by atoms with Crippen molar-refractivity contribution >= 4 is 5.96 Å². The van der Waals surface area contributed by atoms with Gasteiger partial charge in [0, 0.05) is 65.6 Å². The Morgan fingerprint density at radius 3 is 2.61 bits per heavy atom. The zero-order chi connectivity index (χ0) is 16.3. The summed E-state index contributed by atoms with van der Waals surface area (Å²) >= 11 is 0. The lowest BCUT2D eigenvalue weighted by atomic mass is 10.1. The highest BCUT2D eigenvalue weighted by Gasteiger charge is 2.31. The predicted molar refractivity (Wildman–Crippen MR) is 93.1 cm³/mol. The number of piperazine rings is 3. The summed E-state index contributed by atoms with van der Waals surface area (Å²) in [6.45, 7) is 12.8. The highest BCUT2D eigenvalue weighted by molar-refractivity contribution is 5.79. The average Bonchev–Trinajstić information content (AvgIpc) is 2.60. The van der Waals surface area contributed by atoms with E-state index in [-0.39, 0.29) is 0 Å². The molecule has 0 aliphatic carbocycles. The van der Waals surface area contributed by atoms with Crippen molar-refractivity contribution in [1.82, 2.24) is 20.4 Å². The van der Waals surface area contributed by atoms with Crippen LogP contribution in [0, 0.1) is 0 Å². The topological polar surface area (TPSA) is 61.4 Å². The summed E-state index contributed by atoms with van der Waals surface area (Å²) < 4.78 is 10.4. The van der Waals surface area contributed by atoms with Crippen molar-refractivity contribution in [3.63, 3.8) is 0 Å². The van der Waals surface area contributed by atoms with E-state index in [0.29, 0.717) is 19.3 Å². The Kier molecular flexibility index (Phi) is 8.67. The molecule has 3 aliphatic heterocycles. The minimum absolute atomic E-state index is 0.574. The fourth-order valence-electron chi connectivity index (χ4n) is 3.06. The molecule has 3 fully saturated rings. The highest BCUT2D eigenvalue weighted by atomic mass is 16.5. The van der Waals surface area contributed by atoms with E-state index in [1.165, 1.54) is 26.2 Å². The number of hydrogen-bond acceptors (Lipinski definition) is 5. The van der Waals surface area contributed by atoms with Crippen molar-refractivity contribution in [3.8, 4) is 0 Å². The number of fused-ring (bicyclic) bond motifs is 3. The van der Waals surface area contributed by atoms with E-state index in [1.54, 1.807) is 7.11 Å². The SMILES string of the molecule is CCNC(=NCC1CN2CCN1CC2)NCCCOCCOC. The van der Waals surface area contributed by atoms with Gasteiger partial charge >= 0.3 is 0 Å². The molecule has 0 amide bonds. The van der Waals surface area contributed by atoms with Gasteiger partial charge in [-0.25, -0.2) is 0 Å². The Hall–Kier alpha value is -0.890. The molecule has 3 aliphatic rings. The number of hydrogen-bond donors (Lipinski definition) is 2. The largest absolute Gasteiger partial charge is 0.382 e. The molecule has 134 valence electrons. The Morgan fingerprint density at radius 1 is 1.13 bits per heavy atom. The molecule has 7 heteroatoms. The first kappa shape index (κ1) is 18.4. The maximum atomic E-state index is 5.47. The lowest BCUT2D eigenvalue weighted by Crippen LogP contribution is -2.62. The molecule has 0 saturated carbocycles.